The van der Waals surface area contributed by atoms with Gasteiger partial charge in [0, 0.05) is 11.1 Å². The Morgan fingerprint density at radius 3 is 1.38 bits per heavy atom. The van der Waals surface area contributed by atoms with E-state index < -0.39 is 49.9 Å². The highest BCUT2D eigenvalue weighted by molar-refractivity contribution is 7.89. The average molecular weight is 480 g/mol. The fourth-order valence-electron chi connectivity index (χ4n) is 3.07. The topological polar surface area (TPSA) is 190 Å². The van der Waals surface area contributed by atoms with Gasteiger partial charge in [-0.3, -0.25) is 4.79 Å². The van der Waals surface area contributed by atoms with Crippen LogP contribution in [0.3, 0.4) is 0 Å². The van der Waals surface area contributed by atoms with Gasteiger partial charge in [0.05, 0.1) is 33.8 Å². The predicted octanol–water partition coefficient (Wildman–Crippen LogP) is -2.27. The maximum atomic E-state index is 12.9. The molecule has 0 bridgehead atoms. The Kier molecular flexibility index (Phi) is 5.95. The number of nitrogens with one attached hydrogen (secondary N) is 2. The molecule has 0 saturated carbocycles. The highest BCUT2D eigenvalue weighted by Gasteiger charge is 2.31. The van der Waals surface area contributed by atoms with Crippen LogP contribution >= 0.6 is 0 Å². The van der Waals surface area contributed by atoms with Crippen LogP contribution in [0.4, 0.5) is 0 Å². The van der Waals surface area contributed by atoms with E-state index in [1.165, 1.54) is 24.3 Å². The number of sulfonamides is 2. The van der Waals surface area contributed by atoms with Crippen LogP contribution in [0.15, 0.2) is 46.2 Å². The zero-order valence-corrected chi connectivity index (χ0v) is 18.2. The molecule has 11 nitrogen and oxygen atoms in total. The van der Waals surface area contributed by atoms with Gasteiger partial charge in [0.25, 0.3) is 0 Å². The number of hydrogen-bond acceptors (Lipinski definition) is 9. The Labute approximate surface area is 183 Å². The largest absolute Gasteiger partial charge is 0.548 e. The summed E-state index contributed by atoms with van der Waals surface area (Å²) in [5.74, 6) is -3.91. The summed E-state index contributed by atoms with van der Waals surface area (Å²) in [6.07, 6.45) is 0. The standard InChI is InChI=1S/C19H18N2O9S2/c1-9(18(23)24)20-31(27,28)11-3-5-13-14-6-4-12(8-16(14)17(22)15(13)7-11)32(29,30)21-10(2)19(25)26/h3-10,20-21H,1-2H3,(H,23,24)(H,25,26)/p-2/t9-,10-/m0/s1. The van der Waals surface area contributed by atoms with Crippen LogP contribution in [0.25, 0.3) is 11.1 Å². The van der Waals surface area contributed by atoms with Gasteiger partial charge in [-0.15, -0.1) is 0 Å². The van der Waals surface area contributed by atoms with Gasteiger partial charge >= 0.3 is 0 Å². The van der Waals surface area contributed by atoms with E-state index in [4.69, 9.17) is 0 Å². The molecule has 0 aromatic heterocycles. The molecule has 0 fully saturated rings. The van der Waals surface area contributed by atoms with Crippen LogP contribution in [0.5, 0.6) is 0 Å². The van der Waals surface area contributed by atoms with Crippen LogP contribution in [0.2, 0.25) is 0 Å². The third-order valence-corrected chi connectivity index (χ3v) is 7.83. The monoisotopic (exact) mass is 480 g/mol. The van der Waals surface area contributed by atoms with Crippen molar-refractivity contribution in [3.8, 4) is 11.1 Å². The Morgan fingerprint density at radius 2 is 1.06 bits per heavy atom. The molecule has 0 amide bonds. The van der Waals surface area contributed by atoms with Gasteiger partial charge in [0.2, 0.25) is 20.0 Å². The van der Waals surface area contributed by atoms with E-state index in [0.717, 1.165) is 26.0 Å². The van der Waals surface area contributed by atoms with E-state index >= 15 is 0 Å². The Balaban J connectivity index is 1.99. The van der Waals surface area contributed by atoms with Gasteiger partial charge in [-0.25, -0.2) is 26.3 Å². The quantitative estimate of drug-likeness (QED) is 0.358. The Bertz CT molecular complexity index is 1260. The summed E-state index contributed by atoms with van der Waals surface area (Å²) in [5, 5.41) is 21.7. The average Bonchev–Trinajstić information content (AvgIpc) is 2.98. The molecule has 0 aliphatic heterocycles. The van der Waals surface area contributed by atoms with Crippen molar-refractivity contribution in [2.24, 2.45) is 0 Å². The van der Waals surface area contributed by atoms with Gasteiger partial charge in [0.15, 0.2) is 5.78 Å². The van der Waals surface area contributed by atoms with E-state index in [1.807, 2.05) is 9.44 Å². The summed E-state index contributed by atoms with van der Waals surface area (Å²) >= 11 is 0. The Hall–Kier alpha value is -3.13. The molecule has 1 aliphatic carbocycles. The summed E-state index contributed by atoms with van der Waals surface area (Å²) in [6, 6.07) is 4.16. The second-order valence-corrected chi connectivity index (χ2v) is 10.5. The molecule has 0 heterocycles. The molecular weight excluding hydrogens is 464 g/mol. The van der Waals surface area contributed by atoms with E-state index in [2.05, 4.69) is 0 Å². The lowest BCUT2D eigenvalue weighted by Crippen LogP contribution is -2.45. The smallest absolute Gasteiger partial charge is 0.241 e. The zero-order chi connectivity index (χ0) is 24.0. The van der Waals surface area contributed by atoms with Crippen LogP contribution in [0, 0.1) is 0 Å². The van der Waals surface area contributed by atoms with Crippen molar-refractivity contribution in [1.82, 2.24) is 9.44 Å². The van der Waals surface area contributed by atoms with Crippen molar-refractivity contribution < 1.29 is 41.4 Å². The van der Waals surface area contributed by atoms with Gasteiger partial charge in [-0.05, 0) is 49.2 Å². The first kappa shape index (κ1) is 23.5. The number of hydrogen-bond donors (Lipinski definition) is 2. The van der Waals surface area contributed by atoms with E-state index in [9.17, 15) is 41.4 Å². The second kappa shape index (κ2) is 8.09. The van der Waals surface area contributed by atoms with Gasteiger partial charge in [0.1, 0.15) is 0 Å². The van der Waals surface area contributed by atoms with Gasteiger partial charge in [-0.2, -0.15) is 0 Å². The highest BCUT2D eigenvalue weighted by atomic mass is 32.2. The maximum absolute atomic E-state index is 12.9. The van der Waals surface area contributed by atoms with Crippen LogP contribution in [0.1, 0.15) is 29.8 Å². The molecule has 2 atom stereocenters. The number of carboxylic acid groups (broad SMARTS) is 2. The molecule has 0 saturated heterocycles. The first-order valence-corrected chi connectivity index (χ1v) is 12.0. The van der Waals surface area contributed by atoms with E-state index in [0.29, 0.717) is 11.1 Å². The molecular formula is C19H16N2O9S2-2. The van der Waals surface area contributed by atoms with Crippen LogP contribution < -0.4 is 19.7 Å². The van der Waals surface area contributed by atoms with Crippen molar-refractivity contribution in [3.05, 3.63) is 47.5 Å². The summed E-state index contributed by atoms with van der Waals surface area (Å²) in [4.78, 5) is 33.8. The van der Waals surface area contributed by atoms with Crippen LogP contribution in [-0.2, 0) is 29.6 Å². The number of fused-ring (bicyclic) bond motifs is 3. The minimum atomic E-state index is -4.28. The summed E-state index contributed by atoms with van der Waals surface area (Å²) in [6.45, 7) is 2.16. The molecule has 2 aromatic carbocycles. The number of carbonyl (C=O) groups is 3. The highest BCUT2D eigenvalue weighted by Crippen LogP contribution is 2.38. The maximum Gasteiger partial charge on any atom is 0.241 e. The third kappa shape index (κ3) is 4.27. The lowest BCUT2D eigenvalue weighted by atomic mass is 10.1. The molecule has 0 unspecified atom stereocenters. The molecule has 13 heteroatoms. The number of rotatable bonds is 8. The van der Waals surface area contributed by atoms with Crippen LogP contribution in [-0.4, -0.2) is 46.6 Å². The lowest BCUT2D eigenvalue weighted by Gasteiger charge is -2.15. The molecule has 32 heavy (non-hydrogen) atoms. The van der Waals surface area contributed by atoms with Crippen molar-refractivity contribution in [2.45, 2.75) is 35.7 Å². The molecule has 2 aromatic rings. The number of carbonyl (C=O) groups excluding carboxylic acids is 3. The lowest BCUT2D eigenvalue weighted by molar-refractivity contribution is -0.308. The molecule has 0 radical (unpaired) electrons. The minimum absolute atomic E-state index is 0.0189. The Morgan fingerprint density at radius 1 is 0.719 bits per heavy atom. The third-order valence-electron chi connectivity index (χ3n) is 4.75. The summed E-state index contributed by atoms with van der Waals surface area (Å²) in [7, 11) is -8.56. The number of aliphatic carboxylic acids is 2. The van der Waals surface area contributed by atoms with E-state index in [-0.39, 0.29) is 20.9 Å². The fraction of sp³-hybridized carbons (Fsp3) is 0.211. The van der Waals surface area contributed by atoms with Crippen molar-refractivity contribution in [3.63, 3.8) is 0 Å². The minimum Gasteiger partial charge on any atom is -0.548 e. The number of ketones is 1. The molecule has 3 rings (SSSR count). The fourth-order valence-corrected chi connectivity index (χ4v) is 5.51. The van der Waals surface area contributed by atoms with E-state index in [1.54, 1.807) is 0 Å². The normalized spacial score (nSPS) is 15.0. The van der Waals surface area contributed by atoms with Gasteiger partial charge < -0.3 is 19.8 Å². The molecule has 0 spiro atoms. The first-order chi connectivity index (χ1) is 14.7. The summed E-state index contributed by atoms with van der Waals surface area (Å²) < 4.78 is 53.5. The first-order valence-electron chi connectivity index (χ1n) is 9.04. The SMILES string of the molecule is C[C@H](NS(=O)(=O)c1ccc2c(c1)C(=O)c1cc(S(=O)(=O)N[C@@H](C)C(=O)[O-])ccc1-2)C(=O)[O-]. The molecule has 1 aliphatic rings. The summed E-state index contributed by atoms with van der Waals surface area (Å²) in [5.41, 5.74) is 0.679. The van der Waals surface area contributed by atoms with Crippen molar-refractivity contribution in [2.75, 3.05) is 0 Å². The predicted molar refractivity (Wildman–Crippen MR) is 105 cm³/mol. The van der Waals surface area contributed by atoms with Crippen molar-refractivity contribution >= 4 is 37.8 Å². The molecule has 2 N–H and O–H groups in total. The van der Waals surface area contributed by atoms with Gasteiger partial charge in [-0.1, -0.05) is 12.1 Å². The van der Waals surface area contributed by atoms with Crippen molar-refractivity contribution in [1.29, 1.82) is 0 Å². The second-order valence-electron chi connectivity index (χ2n) is 7.07. The number of benzene rings is 2. The number of carboxylic acids is 2. The zero-order valence-electron chi connectivity index (χ0n) is 16.6. The molecule has 170 valence electrons.